The fourth-order valence-electron chi connectivity index (χ4n) is 2.43. The molecule has 7 heteroatoms. The fourth-order valence-corrected chi connectivity index (χ4v) is 2.68. The molecule has 3 rings (SSSR count). The molecular formula is C21H16Cl2N2O3. The van der Waals surface area contributed by atoms with Crippen molar-refractivity contribution in [2.45, 2.75) is 0 Å². The molecule has 0 saturated carbocycles. The standard InChI is InChI=1S/C21H16Cl2N2O3/c1-24-21(27)18(25-20(26)14-4-8-16(23)9-5-14)12-17-10-11-19(28-17)13-2-6-15(22)7-3-13/h2-12H,1H3,(H,24,27)(H,25,26)/b18-12+. The molecular weight excluding hydrogens is 399 g/mol. The van der Waals surface area contributed by atoms with Crippen molar-refractivity contribution in [3.05, 3.63) is 87.7 Å². The van der Waals surface area contributed by atoms with Crippen molar-refractivity contribution in [2.24, 2.45) is 0 Å². The van der Waals surface area contributed by atoms with E-state index in [1.165, 1.54) is 13.1 Å². The maximum absolute atomic E-state index is 12.4. The highest BCUT2D eigenvalue weighted by Gasteiger charge is 2.14. The van der Waals surface area contributed by atoms with E-state index in [1.807, 2.05) is 12.1 Å². The summed E-state index contributed by atoms with van der Waals surface area (Å²) in [6.45, 7) is 0. The molecule has 0 radical (unpaired) electrons. The van der Waals surface area contributed by atoms with E-state index in [4.69, 9.17) is 27.6 Å². The van der Waals surface area contributed by atoms with Gasteiger partial charge in [-0.25, -0.2) is 0 Å². The summed E-state index contributed by atoms with van der Waals surface area (Å²) < 4.78 is 5.77. The van der Waals surface area contributed by atoms with E-state index in [0.29, 0.717) is 27.1 Å². The molecule has 0 unspecified atom stereocenters. The monoisotopic (exact) mass is 414 g/mol. The minimum absolute atomic E-state index is 0.0551. The zero-order valence-electron chi connectivity index (χ0n) is 14.8. The van der Waals surface area contributed by atoms with E-state index in [2.05, 4.69) is 10.6 Å². The van der Waals surface area contributed by atoms with Crippen molar-refractivity contribution in [1.29, 1.82) is 0 Å². The molecule has 142 valence electrons. The van der Waals surface area contributed by atoms with Gasteiger partial charge in [0.15, 0.2) is 0 Å². The molecule has 2 N–H and O–H groups in total. The highest BCUT2D eigenvalue weighted by Crippen LogP contribution is 2.24. The molecule has 2 amide bonds. The summed E-state index contributed by atoms with van der Waals surface area (Å²) in [5.74, 6) is 0.144. The Bertz CT molecular complexity index is 1020. The van der Waals surface area contributed by atoms with Gasteiger partial charge in [-0.2, -0.15) is 0 Å². The van der Waals surface area contributed by atoms with Crippen LogP contribution in [0.2, 0.25) is 10.0 Å². The number of carbonyl (C=O) groups is 2. The molecule has 0 fully saturated rings. The van der Waals surface area contributed by atoms with Crippen molar-refractivity contribution in [3.63, 3.8) is 0 Å². The van der Waals surface area contributed by atoms with Crippen LogP contribution < -0.4 is 10.6 Å². The van der Waals surface area contributed by atoms with Crippen LogP contribution in [-0.4, -0.2) is 18.9 Å². The minimum Gasteiger partial charge on any atom is -0.457 e. The van der Waals surface area contributed by atoms with Gasteiger partial charge < -0.3 is 15.1 Å². The lowest BCUT2D eigenvalue weighted by Gasteiger charge is -2.08. The van der Waals surface area contributed by atoms with Gasteiger partial charge in [-0.05, 0) is 60.7 Å². The summed E-state index contributed by atoms with van der Waals surface area (Å²) in [5, 5.41) is 6.24. The van der Waals surface area contributed by atoms with Crippen molar-refractivity contribution in [3.8, 4) is 11.3 Å². The molecule has 0 saturated heterocycles. The number of hydrogen-bond donors (Lipinski definition) is 2. The van der Waals surface area contributed by atoms with Crippen molar-refractivity contribution < 1.29 is 14.0 Å². The summed E-state index contributed by atoms with van der Waals surface area (Å²) >= 11 is 11.7. The van der Waals surface area contributed by atoms with E-state index in [1.54, 1.807) is 48.5 Å². The van der Waals surface area contributed by atoms with Crippen molar-refractivity contribution >= 4 is 41.1 Å². The third kappa shape index (κ3) is 4.82. The van der Waals surface area contributed by atoms with Crippen LogP contribution in [-0.2, 0) is 4.79 Å². The van der Waals surface area contributed by atoms with Crippen LogP contribution in [0.5, 0.6) is 0 Å². The van der Waals surface area contributed by atoms with Gasteiger partial charge in [0.2, 0.25) is 0 Å². The first-order valence-corrected chi connectivity index (χ1v) is 9.08. The summed E-state index contributed by atoms with van der Waals surface area (Å²) in [4.78, 5) is 24.6. The van der Waals surface area contributed by atoms with Gasteiger partial charge in [-0.3, -0.25) is 9.59 Å². The maximum Gasteiger partial charge on any atom is 0.267 e. The number of rotatable bonds is 5. The van der Waals surface area contributed by atoms with Gasteiger partial charge in [-0.1, -0.05) is 23.2 Å². The highest BCUT2D eigenvalue weighted by molar-refractivity contribution is 6.31. The number of benzene rings is 2. The molecule has 0 atom stereocenters. The lowest BCUT2D eigenvalue weighted by atomic mass is 10.2. The number of amides is 2. The maximum atomic E-state index is 12.4. The third-order valence-corrected chi connectivity index (χ3v) is 4.37. The van der Waals surface area contributed by atoms with E-state index < -0.39 is 11.8 Å². The predicted octanol–water partition coefficient (Wildman–Crippen LogP) is 4.77. The molecule has 3 aromatic rings. The van der Waals surface area contributed by atoms with Gasteiger partial charge in [0.1, 0.15) is 17.2 Å². The van der Waals surface area contributed by atoms with E-state index >= 15 is 0 Å². The summed E-state index contributed by atoms with van der Waals surface area (Å²) in [7, 11) is 1.48. The topological polar surface area (TPSA) is 71.3 Å². The average Bonchev–Trinajstić information content (AvgIpc) is 3.16. The SMILES string of the molecule is CNC(=O)/C(=C\c1ccc(-c2ccc(Cl)cc2)o1)NC(=O)c1ccc(Cl)cc1. The summed E-state index contributed by atoms with van der Waals surface area (Å²) in [5.41, 5.74) is 1.27. The predicted molar refractivity (Wildman–Crippen MR) is 110 cm³/mol. The quantitative estimate of drug-likeness (QED) is 0.590. The Morgan fingerprint density at radius 3 is 2.11 bits per heavy atom. The summed E-state index contributed by atoms with van der Waals surface area (Å²) in [6.07, 6.45) is 1.46. The lowest BCUT2D eigenvalue weighted by molar-refractivity contribution is -0.117. The lowest BCUT2D eigenvalue weighted by Crippen LogP contribution is -2.33. The van der Waals surface area contributed by atoms with Gasteiger partial charge in [0.05, 0.1) is 0 Å². The molecule has 0 aliphatic heterocycles. The Balaban J connectivity index is 1.84. The largest absolute Gasteiger partial charge is 0.457 e. The minimum atomic E-state index is -0.452. The van der Waals surface area contributed by atoms with Crippen molar-refractivity contribution in [2.75, 3.05) is 7.05 Å². The van der Waals surface area contributed by atoms with Gasteiger partial charge >= 0.3 is 0 Å². The van der Waals surface area contributed by atoms with Crippen LogP contribution in [0, 0.1) is 0 Å². The van der Waals surface area contributed by atoms with E-state index in [9.17, 15) is 9.59 Å². The molecule has 0 aliphatic carbocycles. The van der Waals surface area contributed by atoms with E-state index in [0.717, 1.165) is 5.56 Å². The van der Waals surface area contributed by atoms with E-state index in [-0.39, 0.29) is 5.70 Å². The van der Waals surface area contributed by atoms with Gasteiger partial charge in [-0.15, -0.1) is 0 Å². The molecule has 1 aromatic heterocycles. The first-order valence-electron chi connectivity index (χ1n) is 8.33. The molecule has 2 aromatic carbocycles. The van der Waals surface area contributed by atoms with Crippen LogP contribution in [0.25, 0.3) is 17.4 Å². The first kappa shape index (κ1) is 19.7. The zero-order valence-corrected chi connectivity index (χ0v) is 16.3. The Morgan fingerprint density at radius 1 is 0.893 bits per heavy atom. The number of hydrogen-bond acceptors (Lipinski definition) is 3. The fraction of sp³-hybridized carbons (Fsp3) is 0.0476. The molecule has 5 nitrogen and oxygen atoms in total. The molecule has 1 heterocycles. The number of likely N-dealkylation sites (N-methyl/N-ethyl adjacent to an activating group) is 1. The number of furan rings is 1. The van der Waals surface area contributed by atoms with Crippen LogP contribution in [0.1, 0.15) is 16.1 Å². The zero-order chi connectivity index (χ0) is 20.1. The van der Waals surface area contributed by atoms with Crippen LogP contribution in [0.4, 0.5) is 0 Å². The number of nitrogens with one attached hydrogen (secondary N) is 2. The van der Waals surface area contributed by atoms with Gasteiger partial charge in [0, 0.05) is 34.3 Å². The second kappa shape index (κ2) is 8.78. The second-order valence-corrected chi connectivity index (χ2v) is 6.68. The molecule has 0 spiro atoms. The molecule has 0 bridgehead atoms. The van der Waals surface area contributed by atoms with Crippen LogP contribution >= 0.6 is 23.2 Å². The number of carbonyl (C=O) groups excluding carboxylic acids is 2. The smallest absolute Gasteiger partial charge is 0.267 e. The number of halogens is 2. The normalized spacial score (nSPS) is 11.2. The highest BCUT2D eigenvalue weighted by atomic mass is 35.5. The van der Waals surface area contributed by atoms with Gasteiger partial charge in [0.25, 0.3) is 11.8 Å². The average molecular weight is 415 g/mol. The molecule has 0 aliphatic rings. The Hall–Kier alpha value is -3.02. The Labute approximate surface area is 172 Å². The Morgan fingerprint density at radius 2 is 1.50 bits per heavy atom. The summed E-state index contributed by atoms with van der Waals surface area (Å²) in [6, 6.07) is 17.0. The van der Waals surface area contributed by atoms with Crippen molar-refractivity contribution in [1.82, 2.24) is 10.6 Å². The first-order chi connectivity index (χ1) is 13.5. The van der Waals surface area contributed by atoms with Crippen LogP contribution in [0.3, 0.4) is 0 Å². The second-order valence-electron chi connectivity index (χ2n) is 5.81. The van der Waals surface area contributed by atoms with Crippen LogP contribution in [0.15, 0.2) is 70.8 Å². The third-order valence-electron chi connectivity index (χ3n) is 3.87. The Kier molecular flexibility index (Phi) is 6.19. The molecule has 28 heavy (non-hydrogen) atoms.